The first-order valence-corrected chi connectivity index (χ1v) is 8.28. The van der Waals surface area contributed by atoms with Gasteiger partial charge in [0.05, 0.1) is 32.1 Å². The maximum atomic E-state index is 12.3. The molecule has 27 heavy (non-hydrogen) atoms. The standard InChI is InChI=1S/C15H18N2O10/c18-9-4-5-10(19)16(9,26)15(14(24)25,8-2-1-3-13(22)23)17(27)11(20)6-7-12(17)21/h26-27H,1-8H2/p+2. The van der Waals surface area contributed by atoms with Crippen molar-refractivity contribution in [2.45, 2.75) is 57.0 Å². The molecule has 148 valence electrons. The molecule has 0 bridgehead atoms. The Morgan fingerprint density at radius 3 is 1.44 bits per heavy atom. The predicted octanol–water partition coefficient (Wildman–Crippen LogP) is -0.482. The summed E-state index contributed by atoms with van der Waals surface area (Å²) >= 11 is 0. The number of rotatable bonds is 8. The van der Waals surface area contributed by atoms with E-state index in [0.717, 1.165) is 0 Å². The summed E-state index contributed by atoms with van der Waals surface area (Å²) in [6, 6.07) is 0. The molecule has 0 unspecified atom stereocenters. The van der Waals surface area contributed by atoms with Gasteiger partial charge in [0.1, 0.15) is 0 Å². The van der Waals surface area contributed by atoms with E-state index in [0.29, 0.717) is 0 Å². The zero-order valence-corrected chi connectivity index (χ0v) is 14.3. The van der Waals surface area contributed by atoms with Gasteiger partial charge in [-0.2, -0.15) is 10.4 Å². The van der Waals surface area contributed by atoms with Crippen LogP contribution < -0.4 is 0 Å². The van der Waals surface area contributed by atoms with Gasteiger partial charge < -0.3 is 10.2 Å². The Bertz CT molecular complexity index is 669. The quantitative estimate of drug-likeness (QED) is 0.183. The molecule has 2 heterocycles. The van der Waals surface area contributed by atoms with Gasteiger partial charge in [0.15, 0.2) is 0 Å². The summed E-state index contributed by atoms with van der Waals surface area (Å²) in [5.74, 6) is -8.34. The highest BCUT2D eigenvalue weighted by molar-refractivity contribution is 5.99. The van der Waals surface area contributed by atoms with Crippen LogP contribution in [0, 0.1) is 0 Å². The van der Waals surface area contributed by atoms with Crippen molar-refractivity contribution in [1.29, 1.82) is 0 Å². The van der Waals surface area contributed by atoms with Gasteiger partial charge in [-0.05, 0) is 12.8 Å². The molecule has 12 nitrogen and oxygen atoms in total. The van der Waals surface area contributed by atoms with Gasteiger partial charge in [0.2, 0.25) is 0 Å². The fourth-order valence-corrected chi connectivity index (χ4v) is 3.74. The number of hydroxylamine groups is 6. The van der Waals surface area contributed by atoms with Crippen molar-refractivity contribution in [2.75, 3.05) is 0 Å². The molecule has 0 aromatic rings. The molecule has 0 saturated carbocycles. The fraction of sp³-hybridized carbons (Fsp3) is 0.600. The third-order valence-electron chi connectivity index (χ3n) is 5.13. The number of hydrogen-bond donors (Lipinski definition) is 4. The molecule has 0 spiro atoms. The molecule has 2 aliphatic rings. The van der Waals surface area contributed by atoms with Crippen molar-refractivity contribution >= 4 is 35.6 Å². The third-order valence-corrected chi connectivity index (χ3v) is 5.13. The Morgan fingerprint density at radius 1 is 0.778 bits per heavy atom. The number of quaternary nitrogens is 2. The lowest BCUT2D eigenvalue weighted by Crippen LogP contribution is -2.83. The Hall–Kier alpha value is -2.54. The summed E-state index contributed by atoms with van der Waals surface area (Å²) in [6.07, 6.45) is -3.77. The van der Waals surface area contributed by atoms with E-state index in [1.165, 1.54) is 0 Å². The van der Waals surface area contributed by atoms with Crippen molar-refractivity contribution in [3.63, 3.8) is 0 Å². The number of imide groups is 2. The monoisotopic (exact) mass is 388 g/mol. The van der Waals surface area contributed by atoms with E-state index in [2.05, 4.69) is 0 Å². The van der Waals surface area contributed by atoms with Crippen molar-refractivity contribution in [3.8, 4) is 0 Å². The normalized spacial score (nSPS) is 21.7. The maximum Gasteiger partial charge on any atom is 0.435 e. The number of carboxylic acids is 2. The molecular weight excluding hydrogens is 368 g/mol. The lowest BCUT2D eigenvalue weighted by molar-refractivity contribution is -1.18. The number of likely N-dealkylation sites (tertiary alicyclic amines) is 2. The van der Waals surface area contributed by atoms with E-state index >= 15 is 0 Å². The minimum atomic E-state index is -3.23. The highest BCUT2D eigenvalue weighted by Gasteiger charge is 2.85. The maximum absolute atomic E-state index is 12.3. The molecule has 0 aliphatic carbocycles. The number of amides is 4. The van der Waals surface area contributed by atoms with Crippen molar-refractivity contribution in [1.82, 2.24) is 0 Å². The van der Waals surface area contributed by atoms with Gasteiger partial charge in [-0.15, -0.1) is 0 Å². The van der Waals surface area contributed by atoms with Crippen LogP contribution >= 0.6 is 0 Å². The van der Waals surface area contributed by atoms with Crippen molar-refractivity contribution in [2.24, 2.45) is 0 Å². The molecular formula is C15H20N2O10+2. The molecule has 2 rings (SSSR count). The summed E-state index contributed by atoms with van der Waals surface area (Å²) in [5, 5.41) is 40.3. The zero-order valence-electron chi connectivity index (χ0n) is 14.3. The second-order valence-electron chi connectivity index (χ2n) is 6.57. The molecule has 2 aliphatic heterocycles. The van der Waals surface area contributed by atoms with E-state index in [4.69, 9.17) is 5.11 Å². The van der Waals surface area contributed by atoms with E-state index in [9.17, 15) is 44.3 Å². The Morgan fingerprint density at radius 2 is 1.15 bits per heavy atom. The molecule has 2 fully saturated rings. The average Bonchev–Trinajstić information content (AvgIpc) is 3.00. The molecule has 4 N–H and O–H groups in total. The zero-order chi connectivity index (χ0) is 20.6. The second kappa shape index (κ2) is 6.88. The first-order chi connectivity index (χ1) is 12.5. The van der Waals surface area contributed by atoms with Gasteiger partial charge in [-0.1, -0.05) is 0 Å². The van der Waals surface area contributed by atoms with Crippen LogP contribution in [0.4, 0.5) is 0 Å². The van der Waals surface area contributed by atoms with E-state index in [1.807, 2.05) is 0 Å². The predicted molar refractivity (Wildman–Crippen MR) is 79.1 cm³/mol. The molecule has 0 atom stereocenters. The molecule has 0 aromatic carbocycles. The van der Waals surface area contributed by atoms with Crippen LogP contribution in [0.1, 0.15) is 51.4 Å². The third kappa shape index (κ3) is 2.68. The smallest absolute Gasteiger partial charge is 0.435 e. The average molecular weight is 388 g/mol. The van der Waals surface area contributed by atoms with Crippen LogP contribution in [-0.2, 0) is 28.8 Å². The number of aliphatic carboxylic acids is 2. The van der Waals surface area contributed by atoms with E-state index in [-0.39, 0.29) is 12.8 Å². The number of hydrogen-bond acceptors (Lipinski definition) is 8. The van der Waals surface area contributed by atoms with Gasteiger partial charge >= 0.3 is 41.2 Å². The van der Waals surface area contributed by atoms with Crippen LogP contribution in [-0.4, -0.2) is 71.2 Å². The van der Waals surface area contributed by atoms with Crippen LogP contribution in [0.25, 0.3) is 0 Å². The minimum Gasteiger partial charge on any atom is -0.481 e. The number of carboxylic acid groups (broad SMARTS) is 2. The lowest BCUT2D eigenvalue weighted by atomic mass is 9.95. The van der Waals surface area contributed by atoms with Crippen LogP contribution in [0.3, 0.4) is 0 Å². The Kier molecular flexibility index (Phi) is 5.30. The number of carbonyl (C=O) groups is 6. The molecule has 2 saturated heterocycles. The topological polar surface area (TPSA) is 183 Å². The number of nitrogens with zero attached hydrogens (tertiary/aromatic N) is 2. The van der Waals surface area contributed by atoms with Gasteiger partial charge in [0, 0.05) is 15.7 Å². The minimum absolute atomic E-state index is 0.130. The molecule has 0 radical (unpaired) electrons. The summed E-state index contributed by atoms with van der Waals surface area (Å²) in [7, 11) is 0. The number of carbonyl (C=O) groups excluding carboxylic acids is 4. The summed E-state index contributed by atoms with van der Waals surface area (Å²) < 4.78 is -4.83. The first-order valence-electron chi connectivity index (χ1n) is 8.28. The highest BCUT2D eigenvalue weighted by Crippen LogP contribution is 2.45. The summed E-state index contributed by atoms with van der Waals surface area (Å²) in [4.78, 5) is 72.1. The highest BCUT2D eigenvalue weighted by atomic mass is 16.6. The van der Waals surface area contributed by atoms with E-state index < -0.39 is 89.0 Å². The SMILES string of the molecule is O=C(O)CCCCC(C(=O)O)([N+]1(O)C(=O)CCC1=O)[N+]1(O)C(=O)CCC1=O. The summed E-state index contributed by atoms with van der Waals surface area (Å²) in [6.45, 7) is 0. The van der Waals surface area contributed by atoms with Gasteiger partial charge in [0.25, 0.3) is 0 Å². The molecule has 0 aromatic heterocycles. The van der Waals surface area contributed by atoms with Crippen LogP contribution in [0.5, 0.6) is 0 Å². The van der Waals surface area contributed by atoms with Crippen molar-refractivity contribution in [3.05, 3.63) is 0 Å². The first kappa shape index (κ1) is 20.8. The molecule has 12 heteroatoms. The van der Waals surface area contributed by atoms with Gasteiger partial charge in [-0.25, -0.2) is 24.0 Å². The van der Waals surface area contributed by atoms with E-state index in [1.54, 1.807) is 0 Å². The lowest BCUT2D eigenvalue weighted by Gasteiger charge is -2.41. The van der Waals surface area contributed by atoms with Gasteiger partial charge in [-0.3, -0.25) is 4.79 Å². The van der Waals surface area contributed by atoms with Crippen LogP contribution in [0.2, 0.25) is 0 Å². The molecule has 4 amide bonds. The number of unbranched alkanes of at least 4 members (excludes halogenated alkanes) is 1. The summed E-state index contributed by atoms with van der Waals surface area (Å²) in [5.41, 5.74) is -3.23. The Balaban J connectivity index is 2.65. The second-order valence-corrected chi connectivity index (χ2v) is 6.57. The Labute approximate surface area is 152 Å². The van der Waals surface area contributed by atoms with Crippen LogP contribution in [0.15, 0.2) is 0 Å². The largest absolute Gasteiger partial charge is 0.481 e. The fourth-order valence-electron chi connectivity index (χ4n) is 3.74. The van der Waals surface area contributed by atoms with Crippen molar-refractivity contribution < 1.29 is 58.7 Å².